The first-order valence-corrected chi connectivity index (χ1v) is 9.82. The van der Waals surface area contributed by atoms with Gasteiger partial charge in [-0.15, -0.1) is 10.2 Å². The lowest BCUT2D eigenvalue weighted by molar-refractivity contribution is -0.192. The third-order valence-corrected chi connectivity index (χ3v) is 4.66. The first kappa shape index (κ1) is 27.6. The number of benzene rings is 1. The van der Waals surface area contributed by atoms with Crippen LogP contribution >= 0.6 is 0 Å². The molecular formula is C21H21F6N5O3. The Morgan fingerprint density at radius 1 is 1.00 bits per heavy atom. The van der Waals surface area contributed by atoms with Crippen LogP contribution in [0.25, 0.3) is 5.65 Å². The molecule has 14 heteroatoms. The molecule has 0 saturated carbocycles. The maximum atomic E-state index is 13.0. The molecule has 1 atom stereocenters. The van der Waals surface area contributed by atoms with Crippen LogP contribution in [0, 0.1) is 0 Å². The number of carboxylic acids is 1. The van der Waals surface area contributed by atoms with Crippen molar-refractivity contribution in [3.8, 4) is 0 Å². The number of likely N-dealkylation sites (N-methyl/N-ethyl adjacent to an activating group) is 2. The van der Waals surface area contributed by atoms with Gasteiger partial charge in [-0.2, -0.15) is 26.3 Å². The first-order chi connectivity index (χ1) is 16.1. The summed E-state index contributed by atoms with van der Waals surface area (Å²) in [6.07, 6.45) is -8.53. The molecule has 0 aliphatic rings. The maximum Gasteiger partial charge on any atom is 0.490 e. The number of amides is 1. The Hall–Kier alpha value is -3.68. The van der Waals surface area contributed by atoms with Crippen molar-refractivity contribution in [2.45, 2.75) is 18.4 Å². The van der Waals surface area contributed by atoms with E-state index in [0.29, 0.717) is 6.54 Å². The van der Waals surface area contributed by atoms with Crippen molar-refractivity contribution in [2.24, 2.45) is 0 Å². The predicted molar refractivity (Wildman–Crippen MR) is 112 cm³/mol. The number of carbonyl (C=O) groups is 2. The molecule has 1 unspecified atom stereocenters. The van der Waals surface area contributed by atoms with E-state index >= 15 is 0 Å². The average Bonchev–Trinajstić information content (AvgIpc) is 3.20. The molecule has 8 nitrogen and oxygen atoms in total. The average molecular weight is 505 g/mol. The highest BCUT2D eigenvalue weighted by molar-refractivity contribution is 5.95. The number of alkyl halides is 6. The zero-order valence-corrected chi connectivity index (χ0v) is 18.7. The van der Waals surface area contributed by atoms with Crippen LogP contribution in [0.2, 0.25) is 0 Å². The third kappa shape index (κ3) is 7.15. The van der Waals surface area contributed by atoms with Crippen molar-refractivity contribution < 1.29 is 41.0 Å². The van der Waals surface area contributed by atoms with Crippen LogP contribution < -0.4 is 0 Å². The Morgan fingerprint density at radius 3 is 2.06 bits per heavy atom. The van der Waals surface area contributed by atoms with E-state index in [2.05, 4.69) is 10.2 Å². The molecule has 3 aromatic rings. The minimum atomic E-state index is -5.08. The fourth-order valence-electron chi connectivity index (χ4n) is 3.03. The van der Waals surface area contributed by atoms with E-state index in [1.165, 1.54) is 18.3 Å². The summed E-state index contributed by atoms with van der Waals surface area (Å²) in [4.78, 5) is 25.5. The molecule has 0 saturated heterocycles. The molecule has 0 aliphatic carbocycles. The van der Waals surface area contributed by atoms with E-state index in [-0.39, 0.29) is 23.2 Å². The number of rotatable bonds is 5. The van der Waals surface area contributed by atoms with Gasteiger partial charge in [0.25, 0.3) is 5.91 Å². The lowest BCUT2D eigenvalue weighted by Crippen LogP contribution is -2.37. The summed E-state index contributed by atoms with van der Waals surface area (Å²) in [5.74, 6) is -4.19. The molecule has 3 rings (SSSR count). The zero-order valence-electron chi connectivity index (χ0n) is 18.7. The standard InChI is InChI=1S/C19H20F3N5O.C2HF3O2/c1-25(2)12-15(13-7-5-4-6-8-13)26(3)17(28)14-9-10-27-16(11-14)23-24-18(27)19(20,21)22;3-2(4,5)1(6)7/h4-11,15H,12H2,1-3H3;(H,6,7). The fourth-order valence-corrected chi connectivity index (χ4v) is 3.03. The smallest absolute Gasteiger partial charge is 0.475 e. The number of nitrogens with zero attached hydrogens (tertiary/aromatic N) is 5. The number of halogens is 6. The highest BCUT2D eigenvalue weighted by atomic mass is 19.4. The molecule has 0 bridgehead atoms. The largest absolute Gasteiger partial charge is 0.490 e. The van der Waals surface area contributed by atoms with Crippen LogP contribution in [0.1, 0.15) is 27.8 Å². The van der Waals surface area contributed by atoms with Crippen LogP contribution in [0.3, 0.4) is 0 Å². The van der Waals surface area contributed by atoms with Crippen molar-refractivity contribution in [3.63, 3.8) is 0 Å². The number of aromatic nitrogens is 3. The number of carbonyl (C=O) groups excluding carboxylic acids is 1. The summed E-state index contributed by atoms with van der Waals surface area (Å²) in [7, 11) is 5.50. The van der Waals surface area contributed by atoms with E-state index in [1.807, 2.05) is 49.3 Å². The van der Waals surface area contributed by atoms with Gasteiger partial charge in [0, 0.05) is 25.4 Å². The monoisotopic (exact) mass is 505 g/mol. The Labute approximate surface area is 195 Å². The molecule has 2 heterocycles. The van der Waals surface area contributed by atoms with Crippen molar-refractivity contribution in [3.05, 3.63) is 65.6 Å². The minimum absolute atomic E-state index is 0.0320. The molecular weight excluding hydrogens is 484 g/mol. The number of hydrogen-bond acceptors (Lipinski definition) is 5. The molecule has 35 heavy (non-hydrogen) atoms. The van der Waals surface area contributed by atoms with Gasteiger partial charge in [-0.3, -0.25) is 9.20 Å². The molecule has 1 N–H and O–H groups in total. The Kier molecular flexibility index (Phi) is 8.44. The minimum Gasteiger partial charge on any atom is -0.475 e. The molecule has 0 spiro atoms. The highest BCUT2D eigenvalue weighted by Gasteiger charge is 2.38. The first-order valence-electron chi connectivity index (χ1n) is 9.82. The molecule has 1 aromatic carbocycles. The molecule has 190 valence electrons. The van der Waals surface area contributed by atoms with Crippen LogP contribution in [0.5, 0.6) is 0 Å². The third-order valence-electron chi connectivity index (χ3n) is 4.66. The molecule has 2 aromatic heterocycles. The van der Waals surface area contributed by atoms with E-state index in [4.69, 9.17) is 9.90 Å². The maximum absolute atomic E-state index is 13.0. The van der Waals surface area contributed by atoms with Gasteiger partial charge in [0.2, 0.25) is 5.82 Å². The molecule has 0 radical (unpaired) electrons. The number of aliphatic carboxylic acids is 1. The van der Waals surface area contributed by atoms with Gasteiger partial charge < -0.3 is 14.9 Å². The van der Waals surface area contributed by atoms with E-state index in [1.54, 1.807) is 11.9 Å². The van der Waals surface area contributed by atoms with Gasteiger partial charge in [0.1, 0.15) is 0 Å². The summed E-state index contributed by atoms with van der Waals surface area (Å²) in [6, 6.07) is 12.0. The molecule has 0 fully saturated rings. The normalized spacial score (nSPS) is 12.7. The van der Waals surface area contributed by atoms with Crippen LogP contribution in [0.15, 0.2) is 48.7 Å². The van der Waals surface area contributed by atoms with Crippen molar-refractivity contribution in [1.82, 2.24) is 24.4 Å². The second-order valence-electron chi connectivity index (χ2n) is 7.57. The number of carboxylic acid groups (broad SMARTS) is 1. The Bertz CT molecular complexity index is 1160. The van der Waals surface area contributed by atoms with Gasteiger partial charge in [-0.25, -0.2) is 4.79 Å². The van der Waals surface area contributed by atoms with Crippen LogP contribution in [-0.4, -0.2) is 75.2 Å². The lowest BCUT2D eigenvalue weighted by Gasteiger charge is -2.31. The summed E-state index contributed by atoms with van der Waals surface area (Å²) in [6.45, 7) is 0.595. The van der Waals surface area contributed by atoms with Crippen molar-refractivity contribution in [1.29, 1.82) is 0 Å². The number of fused-ring (bicyclic) bond motifs is 1. The predicted octanol–water partition coefficient (Wildman–Crippen LogP) is 3.76. The highest BCUT2D eigenvalue weighted by Crippen LogP contribution is 2.28. The molecule has 0 aliphatic heterocycles. The quantitative estimate of drug-likeness (QED) is 0.532. The Morgan fingerprint density at radius 2 is 1.57 bits per heavy atom. The lowest BCUT2D eigenvalue weighted by atomic mass is 10.0. The number of pyridine rings is 1. The van der Waals surface area contributed by atoms with Crippen LogP contribution in [0.4, 0.5) is 26.3 Å². The van der Waals surface area contributed by atoms with Gasteiger partial charge in [0.15, 0.2) is 5.65 Å². The van der Waals surface area contributed by atoms with E-state index in [0.717, 1.165) is 9.96 Å². The van der Waals surface area contributed by atoms with Crippen molar-refractivity contribution >= 4 is 17.5 Å². The van der Waals surface area contributed by atoms with Gasteiger partial charge in [-0.05, 0) is 31.8 Å². The van der Waals surface area contributed by atoms with Crippen molar-refractivity contribution in [2.75, 3.05) is 27.7 Å². The summed E-state index contributed by atoms with van der Waals surface area (Å²) >= 11 is 0. The summed E-state index contributed by atoms with van der Waals surface area (Å²) < 4.78 is 71.4. The summed E-state index contributed by atoms with van der Waals surface area (Å²) in [5.41, 5.74) is 1.18. The van der Waals surface area contributed by atoms with E-state index in [9.17, 15) is 31.1 Å². The second kappa shape index (κ2) is 10.7. The SMILES string of the molecule is CN(C)CC(c1ccccc1)N(C)C(=O)c1ccn2c(C(F)(F)F)nnc2c1.O=C(O)C(F)(F)F. The zero-order chi connectivity index (χ0) is 26.6. The Balaban J connectivity index is 0.000000540. The van der Waals surface area contributed by atoms with E-state index < -0.39 is 24.1 Å². The molecule has 1 amide bonds. The summed E-state index contributed by atoms with van der Waals surface area (Å²) in [5, 5.41) is 13.9. The second-order valence-corrected chi connectivity index (χ2v) is 7.57. The van der Waals surface area contributed by atoms with Gasteiger partial charge in [0.05, 0.1) is 6.04 Å². The van der Waals surface area contributed by atoms with Crippen LogP contribution in [-0.2, 0) is 11.0 Å². The van der Waals surface area contributed by atoms with Gasteiger partial charge >= 0.3 is 18.3 Å². The topological polar surface area (TPSA) is 91.0 Å². The fraction of sp³-hybridized carbons (Fsp3) is 0.333. The number of hydrogen-bond donors (Lipinski definition) is 1. The van der Waals surface area contributed by atoms with Gasteiger partial charge in [-0.1, -0.05) is 30.3 Å².